The Morgan fingerprint density at radius 3 is 2.48 bits per heavy atom. The second kappa shape index (κ2) is 7.08. The molecule has 0 N–H and O–H groups in total. The minimum Gasteiger partial charge on any atom is -0.489 e. The highest BCUT2D eigenvalue weighted by atomic mass is 19.1. The molecule has 0 saturated heterocycles. The lowest BCUT2D eigenvalue weighted by atomic mass is 10.1. The summed E-state index contributed by atoms with van der Waals surface area (Å²) in [7, 11) is 0. The van der Waals surface area contributed by atoms with Crippen LogP contribution in [0, 0.1) is 12.7 Å². The zero-order valence-corrected chi connectivity index (χ0v) is 14.7. The van der Waals surface area contributed by atoms with Gasteiger partial charge < -0.3 is 9.47 Å². The molecule has 0 bridgehead atoms. The van der Waals surface area contributed by atoms with Crippen LogP contribution in [-0.4, -0.2) is 5.78 Å². The number of hydrogen-bond acceptors (Lipinski definition) is 3. The molecule has 0 aromatic heterocycles. The maximum Gasteiger partial charge on any atom is 0.231 e. The van der Waals surface area contributed by atoms with Gasteiger partial charge in [-0.2, -0.15) is 0 Å². The molecule has 4 heteroatoms. The maximum atomic E-state index is 13.0. The second-order valence-corrected chi connectivity index (χ2v) is 6.42. The minimum absolute atomic E-state index is 0.143. The van der Waals surface area contributed by atoms with Crippen molar-refractivity contribution >= 4 is 11.9 Å². The summed E-state index contributed by atoms with van der Waals surface area (Å²) in [6.45, 7) is 2.32. The molecular weight excluding hydrogens is 343 g/mol. The summed E-state index contributed by atoms with van der Waals surface area (Å²) in [6, 6.07) is 19.1. The predicted molar refractivity (Wildman–Crippen MR) is 101 cm³/mol. The molecule has 1 aliphatic heterocycles. The van der Waals surface area contributed by atoms with E-state index >= 15 is 0 Å². The van der Waals surface area contributed by atoms with E-state index in [-0.39, 0.29) is 11.6 Å². The Kier molecular flexibility index (Phi) is 4.47. The van der Waals surface area contributed by atoms with Crippen LogP contribution >= 0.6 is 0 Å². The van der Waals surface area contributed by atoms with Gasteiger partial charge in [0.15, 0.2) is 5.76 Å². The van der Waals surface area contributed by atoms with Crippen LogP contribution in [-0.2, 0) is 6.61 Å². The first-order valence-corrected chi connectivity index (χ1v) is 8.61. The molecule has 1 heterocycles. The molecule has 0 saturated carbocycles. The molecule has 0 unspecified atom stereocenters. The lowest BCUT2D eigenvalue weighted by molar-refractivity contribution is 0.101. The van der Waals surface area contributed by atoms with Gasteiger partial charge in [0.2, 0.25) is 5.78 Å². The van der Waals surface area contributed by atoms with Crippen LogP contribution in [0.1, 0.15) is 27.0 Å². The van der Waals surface area contributed by atoms with E-state index in [0.29, 0.717) is 29.4 Å². The Hall–Kier alpha value is -3.40. The van der Waals surface area contributed by atoms with Crippen LogP contribution < -0.4 is 9.47 Å². The third-order valence-electron chi connectivity index (χ3n) is 4.34. The number of allylic oxidation sites excluding steroid dienone is 1. The van der Waals surface area contributed by atoms with E-state index in [1.807, 2.05) is 31.2 Å². The fourth-order valence-corrected chi connectivity index (χ4v) is 2.82. The molecule has 134 valence electrons. The maximum absolute atomic E-state index is 13.0. The standard InChI is InChI=1S/C23H17FO3/c1-15-2-4-16(5-3-15)12-22-23(25)20-11-10-19(13-21(20)27-22)26-14-17-6-8-18(24)9-7-17/h2-13H,14H2,1H3/b22-12-. The van der Waals surface area contributed by atoms with E-state index in [0.717, 1.165) is 16.7 Å². The molecule has 27 heavy (non-hydrogen) atoms. The van der Waals surface area contributed by atoms with E-state index in [1.165, 1.54) is 12.1 Å². The molecular formula is C23H17FO3. The Balaban J connectivity index is 1.50. The van der Waals surface area contributed by atoms with Crippen molar-refractivity contribution in [1.82, 2.24) is 0 Å². The van der Waals surface area contributed by atoms with Gasteiger partial charge in [-0.3, -0.25) is 4.79 Å². The van der Waals surface area contributed by atoms with Crippen molar-refractivity contribution in [1.29, 1.82) is 0 Å². The van der Waals surface area contributed by atoms with Crippen molar-refractivity contribution in [2.24, 2.45) is 0 Å². The van der Waals surface area contributed by atoms with E-state index in [1.54, 1.807) is 36.4 Å². The van der Waals surface area contributed by atoms with Crippen molar-refractivity contribution in [3.8, 4) is 11.5 Å². The van der Waals surface area contributed by atoms with Crippen LogP contribution in [0.3, 0.4) is 0 Å². The molecule has 0 atom stereocenters. The molecule has 0 radical (unpaired) electrons. The van der Waals surface area contributed by atoms with Gasteiger partial charge in [0.25, 0.3) is 0 Å². The topological polar surface area (TPSA) is 35.5 Å². The average molecular weight is 360 g/mol. The summed E-state index contributed by atoms with van der Waals surface area (Å²) in [6.07, 6.45) is 1.74. The van der Waals surface area contributed by atoms with Crippen LogP contribution in [0.2, 0.25) is 0 Å². The first-order chi connectivity index (χ1) is 13.1. The number of ketones is 1. The molecule has 0 spiro atoms. The molecule has 0 aliphatic carbocycles. The third-order valence-corrected chi connectivity index (χ3v) is 4.34. The van der Waals surface area contributed by atoms with Crippen LogP contribution in [0.4, 0.5) is 4.39 Å². The summed E-state index contributed by atoms with van der Waals surface area (Å²) in [5, 5.41) is 0. The molecule has 4 rings (SSSR count). The van der Waals surface area contributed by atoms with Gasteiger partial charge in [0.1, 0.15) is 23.9 Å². The Morgan fingerprint density at radius 1 is 1.00 bits per heavy atom. The van der Waals surface area contributed by atoms with Crippen LogP contribution in [0.15, 0.2) is 72.5 Å². The van der Waals surface area contributed by atoms with Crippen molar-refractivity contribution in [2.75, 3.05) is 0 Å². The Bertz CT molecular complexity index is 1020. The summed E-state index contributed by atoms with van der Waals surface area (Å²) in [5.41, 5.74) is 3.43. The monoisotopic (exact) mass is 360 g/mol. The van der Waals surface area contributed by atoms with E-state index in [4.69, 9.17) is 9.47 Å². The summed E-state index contributed by atoms with van der Waals surface area (Å²) >= 11 is 0. The number of fused-ring (bicyclic) bond motifs is 1. The van der Waals surface area contributed by atoms with Gasteiger partial charge in [-0.1, -0.05) is 42.0 Å². The third kappa shape index (κ3) is 3.75. The molecule has 1 aliphatic rings. The summed E-state index contributed by atoms with van der Waals surface area (Å²) < 4.78 is 24.4. The first-order valence-electron chi connectivity index (χ1n) is 8.61. The molecule has 0 fully saturated rings. The van der Waals surface area contributed by atoms with Crippen LogP contribution in [0.25, 0.3) is 6.08 Å². The number of halogens is 1. The minimum atomic E-state index is -0.281. The molecule has 3 nitrogen and oxygen atoms in total. The zero-order valence-electron chi connectivity index (χ0n) is 14.7. The normalized spacial score (nSPS) is 14.1. The number of Topliss-reactive ketones (excluding diaryl/α,β-unsaturated/α-hetero) is 1. The largest absolute Gasteiger partial charge is 0.489 e. The van der Waals surface area contributed by atoms with E-state index in [2.05, 4.69) is 0 Å². The Labute approximate surface area is 156 Å². The highest BCUT2D eigenvalue weighted by molar-refractivity contribution is 6.14. The zero-order chi connectivity index (χ0) is 18.8. The van der Waals surface area contributed by atoms with Crippen LogP contribution in [0.5, 0.6) is 11.5 Å². The molecule has 3 aromatic rings. The number of carbonyl (C=O) groups is 1. The smallest absolute Gasteiger partial charge is 0.231 e. The number of ether oxygens (including phenoxy) is 2. The number of rotatable bonds is 4. The van der Waals surface area contributed by atoms with Crippen molar-refractivity contribution in [3.63, 3.8) is 0 Å². The van der Waals surface area contributed by atoms with Gasteiger partial charge in [-0.25, -0.2) is 4.39 Å². The van der Waals surface area contributed by atoms with Gasteiger partial charge >= 0.3 is 0 Å². The SMILES string of the molecule is Cc1ccc(/C=C2\Oc3cc(OCc4ccc(F)cc4)ccc3C2=O)cc1. The van der Waals surface area contributed by atoms with Gasteiger partial charge in [-0.05, 0) is 48.4 Å². The fourth-order valence-electron chi connectivity index (χ4n) is 2.82. The number of aryl methyl sites for hydroxylation is 1. The average Bonchev–Trinajstić information content (AvgIpc) is 2.98. The predicted octanol–water partition coefficient (Wildman–Crippen LogP) is 5.33. The fraction of sp³-hybridized carbons (Fsp3) is 0.0870. The van der Waals surface area contributed by atoms with Gasteiger partial charge in [-0.15, -0.1) is 0 Å². The highest BCUT2D eigenvalue weighted by Crippen LogP contribution is 2.35. The van der Waals surface area contributed by atoms with Gasteiger partial charge in [0, 0.05) is 6.07 Å². The first kappa shape index (κ1) is 17.0. The van der Waals surface area contributed by atoms with Crippen molar-refractivity contribution in [2.45, 2.75) is 13.5 Å². The number of hydrogen-bond donors (Lipinski definition) is 0. The van der Waals surface area contributed by atoms with Gasteiger partial charge in [0.05, 0.1) is 5.56 Å². The van der Waals surface area contributed by atoms with E-state index < -0.39 is 0 Å². The van der Waals surface area contributed by atoms with E-state index in [9.17, 15) is 9.18 Å². The molecule has 3 aromatic carbocycles. The summed E-state index contributed by atoms with van der Waals surface area (Å²) in [4.78, 5) is 12.5. The molecule has 0 amide bonds. The Morgan fingerprint density at radius 2 is 1.74 bits per heavy atom. The second-order valence-electron chi connectivity index (χ2n) is 6.42. The number of carbonyl (C=O) groups excluding carboxylic acids is 1. The number of benzene rings is 3. The highest BCUT2D eigenvalue weighted by Gasteiger charge is 2.27. The van der Waals surface area contributed by atoms with Crippen molar-refractivity contribution < 1.29 is 18.7 Å². The summed E-state index contributed by atoms with van der Waals surface area (Å²) in [5.74, 6) is 0.939. The lowest BCUT2D eigenvalue weighted by Crippen LogP contribution is -1.98. The van der Waals surface area contributed by atoms with Crippen molar-refractivity contribution in [3.05, 3.63) is 101 Å². The quantitative estimate of drug-likeness (QED) is 0.590. The lowest BCUT2D eigenvalue weighted by Gasteiger charge is -2.07.